The fraction of sp³-hybridized carbons (Fsp3) is 0.520. The summed E-state index contributed by atoms with van der Waals surface area (Å²) in [5.74, 6) is -0.438. The van der Waals surface area contributed by atoms with E-state index in [1.807, 2.05) is 38.1 Å². The summed E-state index contributed by atoms with van der Waals surface area (Å²) in [5.41, 5.74) is 6.95. The van der Waals surface area contributed by atoms with Crippen LogP contribution in [0.4, 0.5) is 11.5 Å². The first kappa shape index (κ1) is 26.2. The predicted molar refractivity (Wildman–Crippen MR) is 134 cm³/mol. The average molecular weight is 486 g/mol. The molecule has 0 aliphatic carbocycles. The minimum Gasteiger partial charge on any atom is -0.385 e. The molecule has 0 fully saturated rings. The number of nitrogens with zero attached hydrogens (tertiary/aromatic N) is 3. The number of H-pyrrole nitrogens is 1. The smallest absolute Gasteiger partial charge is 0.330 e. The third kappa shape index (κ3) is 5.82. The molecule has 0 radical (unpaired) electrons. The Morgan fingerprint density at radius 3 is 2.63 bits per heavy atom. The molecule has 1 aliphatic rings. The Morgan fingerprint density at radius 1 is 1.26 bits per heavy atom. The minimum absolute atomic E-state index is 0.0221. The first-order chi connectivity index (χ1) is 16.6. The van der Waals surface area contributed by atoms with Gasteiger partial charge in [-0.05, 0) is 29.9 Å². The highest BCUT2D eigenvalue weighted by Gasteiger charge is 2.33. The first-order valence-electron chi connectivity index (χ1n) is 11.9. The van der Waals surface area contributed by atoms with Crippen molar-refractivity contribution in [1.29, 1.82) is 0 Å². The van der Waals surface area contributed by atoms with Gasteiger partial charge in [0, 0.05) is 40.3 Å². The summed E-state index contributed by atoms with van der Waals surface area (Å²) in [5, 5.41) is 0. The van der Waals surface area contributed by atoms with Crippen LogP contribution in [0, 0.1) is 5.92 Å². The lowest BCUT2D eigenvalue weighted by atomic mass is 9.90. The standard InChI is InChI=1S/C25H35N5O5/c1-16(2)15-30-23(26)22(24(33)27-25(30)34)29(11-7-13-35-4)21(32)14-20-19-9-6-5-8-18(19)10-12-28(20)17(3)31/h5-6,8-9,16,20H,7,10-15,26H2,1-4H3,(H,27,33,34). The summed E-state index contributed by atoms with van der Waals surface area (Å²) < 4.78 is 6.43. The highest BCUT2D eigenvalue weighted by molar-refractivity contribution is 5.96. The Bertz CT molecular complexity index is 1190. The SMILES string of the molecule is COCCCN(C(=O)CC1c2ccccc2CCN1C(C)=O)c1c(N)n(CC(C)C)c(=O)[nH]c1=O. The minimum atomic E-state index is -0.717. The molecule has 0 spiro atoms. The maximum absolute atomic E-state index is 13.8. The Balaban J connectivity index is 2.04. The molecule has 2 heterocycles. The van der Waals surface area contributed by atoms with E-state index in [0.717, 1.165) is 11.1 Å². The molecule has 35 heavy (non-hydrogen) atoms. The molecule has 0 saturated carbocycles. The van der Waals surface area contributed by atoms with E-state index in [9.17, 15) is 19.2 Å². The molecule has 190 valence electrons. The van der Waals surface area contributed by atoms with Crippen molar-refractivity contribution in [2.75, 3.05) is 37.4 Å². The summed E-state index contributed by atoms with van der Waals surface area (Å²) in [6, 6.07) is 7.31. The molecular weight excluding hydrogens is 450 g/mol. The van der Waals surface area contributed by atoms with Gasteiger partial charge in [-0.1, -0.05) is 38.1 Å². The number of anilines is 2. The van der Waals surface area contributed by atoms with Gasteiger partial charge < -0.3 is 20.3 Å². The number of nitrogens with one attached hydrogen (secondary N) is 1. The molecule has 10 nitrogen and oxygen atoms in total. The monoisotopic (exact) mass is 485 g/mol. The van der Waals surface area contributed by atoms with Crippen molar-refractivity contribution in [2.45, 2.75) is 52.6 Å². The van der Waals surface area contributed by atoms with E-state index in [0.29, 0.717) is 32.5 Å². The van der Waals surface area contributed by atoms with Crippen molar-refractivity contribution < 1.29 is 14.3 Å². The number of hydrogen-bond donors (Lipinski definition) is 2. The van der Waals surface area contributed by atoms with Gasteiger partial charge in [0.2, 0.25) is 11.8 Å². The summed E-state index contributed by atoms with van der Waals surface area (Å²) in [7, 11) is 1.56. The van der Waals surface area contributed by atoms with Gasteiger partial charge in [0.15, 0.2) is 5.69 Å². The number of methoxy groups -OCH3 is 1. The maximum atomic E-state index is 13.8. The van der Waals surface area contributed by atoms with E-state index < -0.39 is 17.3 Å². The lowest BCUT2D eigenvalue weighted by Gasteiger charge is -2.37. The maximum Gasteiger partial charge on any atom is 0.330 e. The van der Waals surface area contributed by atoms with Crippen molar-refractivity contribution in [3.63, 3.8) is 0 Å². The van der Waals surface area contributed by atoms with E-state index in [1.165, 1.54) is 16.4 Å². The largest absolute Gasteiger partial charge is 0.385 e. The van der Waals surface area contributed by atoms with Crippen LogP contribution in [0.2, 0.25) is 0 Å². The zero-order chi connectivity index (χ0) is 25.7. The van der Waals surface area contributed by atoms with E-state index in [1.54, 1.807) is 12.0 Å². The van der Waals surface area contributed by atoms with Crippen molar-refractivity contribution in [3.05, 3.63) is 56.2 Å². The number of carbonyl (C=O) groups is 2. The fourth-order valence-corrected chi connectivity index (χ4v) is 4.64. The van der Waals surface area contributed by atoms with Crippen molar-refractivity contribution in [3.8, 4) is 0 Å². The van der Waals surface area contributed by atoms with Gasteiger partial charge in [0.25, 0.3) is 5.56 Å². The second-order valence-corrected chi connectivity index (χ2v) is 9.27. The molecule has 3 rings (SSSR count). The summed E-state index contributed by atoms with van der Waals surface area (Å²) in [4.78, 5) is 56.8. The van der Waals surface area contributed by atoms with Crippen LogP contribution in [0.25, 0.3) is 0 Å². The molecule has 2 aromatic rings. The first-order valence-corrected chi connectivity index (χ1v) is 11.9. The van der Waals surface area contributed by atoms with Crippen LogP contribution in [-0.2, 0) is 27.3 Å². The molecule has 1 unspecified atom stereocenters. The Hall–Kier alpha value is -3.40. The molecule has 0 bridgehead atoms. The van der Waals surface area contributed by atoms with Gasteiger partial charge in [-0.15, -0.1) is 0 Å². The number of carbonyl (C=O) groups excluding carboxylic acids is 2. The number of benzene rings is 1. The van der Waals surface area contributed by atoms with Crippen LogP contribution in [0.3, 0.4) is 0 Å². The molecule has 0 saturated heterocycles. The second kappa shape index (κ2) is 11.4. The van der Waals surface area contributed by atoms with Crippen LogP contribution in [0.1, 0.15) is 50.8 Å². The molecule has 1 aromatic heterocycles. The lowest BCUT2D eigenvalue weighted by Crippen LogP contribution is -2.45. The molecular formula is C25H35N5O5. The van der Waals surface area contributed by atoms with E-state index in [4.69, 9.17) is 10.5 Å². The highest BCUT2D eigenvalue weighted by atomic mass is 16.5. The lowest BCUT2D eigenvalue weighted by molar-refractivity contribution is -0.133. The Morgan fingerprint density at radius 2 is 1.97 bits per heavy atom. The van der Waals surface area contributed by atoms with E-state index in [2.05, 4.69) is 4.98 Å². The number of nitrogen functional groups attached to an aromatic ring is 1. The van der Waals surface area contributed by atoms with E-state index >= 15 is 0 Å². The van der Waals surface area contributed by atoms with Crippen LogP contribution in [0.15, 0.2) is 33.9 Å². The van der Waals surface area contributed by atoms with Crippen LogP contribution >= 0.6 is 0 Å². The Kier molecular flexibility index (Phi) is 8.50. The number of rotatable bonds is 9. The quantitative estimate of drug-likeness (QED) is 0.520. The highest BCUT2D eigenvalue weighted by Crippen LogP contribution is 2.33. The summed E-state index contributed by atoms with van der Waals surface area (Å²) >= 11 is 0. The number of ether oxygens (including phenoxy) is 1. The van der Waals surface area contributed by atoms with Gasteiger partial charge in [-0.3, -0.25) is 23.9 Å². The second-order valence-electron chi connectivity index (χ2n) is 9.27. The summed E-state index contributed by atoms with van der Waals surface area (Å²) in [6.07, 6.45) is 1.15. The van der Waals surface area contributed by atoms with Crippen LogP contribution < -0.4 is 21.9 Å². The number of amides is 2. The van der Waals surface area contributed by atoms with Crippen LogP contribution in [-0.4, -0.2) is 53.1 Å². The Labute approximate surface area is 204 Å². The zero-order valence-corrected chi connectivity index (χ0v) is 20.9. The number of aromatic amines is 1. The van der Waals surface area contributed by atoms with Gasteiger partial charge in [-0.2, -0.15) is 0 Å². The van der Waals surface area contributed by atoms with Crippen LogP contribution in [0.5, 0.6) is 0 Å². The van der Waals surface area contributed by atoms with Crippen molar-refractivity contribution in [1.82, 2.24) is 14.5 Å². The number of hydrogen-bond acceptors (Lipinski definition) is 6. The summed E-state index contributed by atoms with van der Waals surface area (Å²) in [6.45, 7) is 6.70. The zero-order valence-electron chi connectivity index (χ0n) is 20.9. The van der Waals surface area contributed by atoms with E-state index in [-0.39, 0.29) is 42.2 Å². The number of nitrogens with two attached hydrogens (primary N) is 1. The van der Waals surface area contributed by atoms with Crippen molar-refractivity contribution >= 4 is 23.3 Å². The molecule has 1 atom stereocenters. The van der Waals surface area contributed by atoms with Crippen molar-refractivity contribution in [2.24, 2.45) is 5.92 Å². The molecule has 10 heteroatoms. The molecule has 3 N–H and O–H groups in total. The predicted octanol–water partition coefficient (Wildman–Crippen LogP) is 1.68. The third-order valence-electron chi connectivity index (χ3n) is 6.25. The van der Waals surface area contributed by atoms with Gasteiger partial charge >= 0.3 is 5.69 Å². The molecule has 2 amide bonds. The molecule has 1 aromatic carbocycles. The fourth-order valence-electron chi connectivity index (χ4n) is 4.64. The normalized spacial score (nSPS) is 15.2. The number of fused-ring (bicyclic) bond motifs is 1. The number of aromatic nitrogens is 2. The molecule has 1 aliphatic heterocycles. The average Bonchev–Trinajstić information content (AvgIpc) is 2.80. The topological polar surface area (TPSA) is 131 Å². The van der Waals surface area contributed by atoms with Gasteiger partial charge in [0.1, 0.15) is 5.82 Å². The van der Waals surface area contributed by atoms with Gasteiger partial charge in [-0.25, -0.2) is 4.79 Å². The van der Waals surface area contributed by atoms with Gasteiger partial charge in [0.05, 0.1) is 12.5 Å². The third-order valence-corrected chi connectivity index (χ3v) is 6.25.